The molecule has 4 heteroatoms. The lowest BCUT2D eigenvalue weighted by atomic mass is 9.89. The van der Waals surface area contributed by atoms with Gasteiger partial charge in [0.15, 0.2) is 0 Å². The van der Waals surface area contributed by atoms with Gasteiger partial charge < -0.3 is 5.32 Å². The molecule has 0 spiro atoms. The Balaban J connectivity index is 1.82. The second kappa shape index (κ2) is 6.74. The molecule has 0 heterocycles. The van der Waals surface area contributed by atoms with Crippen molar-refractivity contribution in [3.8, 4) is 0 Å². The van der Waals surface area contributed by atoms with E-state index in [9.17, 15) is 4.39 Å². The smallest absolute Gasteiger partial charge is 0.123 e. The minimum atomic E-state index is -0.246. The van der Waals surface area contributed by atoms with E-state index in [4.69, 9.17) is 23.2 Å². The number of benzene rings is 1. The molecule has 1 aliphatic carbocycles. The predicted octanol–water partition coefficient (Wildman–Crippen LogP) is 4.37. The second-order valence-electron chi connectivity index (χ2n) is 4.93. The van der Waals surface area contributed by atoms with Crippen molar-refractivity contribution in [1.29, 1.82) is 0 Å². The highest BCUT2D eigenvalue weighted by Gasteiger charge is 2.22. The van der Waals surface area contributed by atoms with Crippen LogP contribution in [-0.2, 0) is 6.54 Å². The summed E-state index contributed by atoms with van der Waals surface area (Å²) in [6, 6.07) is 4.45. The molecule has 1 aliphatic rings. The summed E-state index contributed by atoms with van der Waals surface area (Å²) in [7, 11) is 0. The number of halogens is 3. The summed E-state index contributed by atoms with van der Waals surface area (Å²) in [5.41, 5.74) is 0.804. The monoisotopic (exact) mass is 289 g/mol. The Kier molecular flexibility index (Phi) is 5.28. The molecule has 0 amide bonds. The van der Waals surface area contributed by atoms with Gasteiger partial charge in [0.25, 0.3) is 0 Å². The molecule has 1 N–H and O–H groups in total. The van der Waals surface area contributed by atoms with Crippen LogP contribution in [0.25, 0.3) is 0 Å². The van der Waals surface area contributed by atoms with E-state index in [2.05, 4.69) is 5.32 Å². The van der Waals surface area contributed by atoms with Crippen LogP contribution >= 0.6 is 23.2 Å². The summed E-state index contributed by atoms with van der Waals surface area (Å²) < 4.78 is 13.1. The molecule has 2 atom stereocenters. The van der Waals surface area contributed by atoms with E-state index < -0.39 is 0 Å². The first-order valence-corrected chi connectivity index (χ1v) is 7.27. The SMILES string of the molecule is Fc1ccc(Cl)c(CNCC2CCCCC2Cl)c1. The van der Waals surface area contributed by atoms with E-state index in [0.29, 0.717) is 17.5 Å². The molecule has 1 saturated carbocycles. The van der Waals surface area contributed by atoms with Gasteiger partial charge in [-0.15, -0.1) is 11.6 Å². The predicted molar refractivity (Wildman–Crippen MR) is 74.7 cm³/mol. The van der Waals surface area contributed by atoms with Crippen LogP contribution in [0.3, 0.4) is 0 Å². The van der Waals surface area contributed by atoms with Gasteiger partial charge in [0, 0.05) is 16.9 Å². The maximum absolute atomic E-state index is 13.1. The highest BCUT2D eigenvalue weighted by molar-refractivity contribution is 6.31. The lowest BCUT2D eigenvalue weighted by molar-refractivity contribution is 0.348. The van der Waals surface area contributed by atoms with Gasteiger partial charge in [0.1, 0.15) is 5.82 Å². The summed E-state index contributed by atoms with van der Waals surface area (Å²) >= 11 is 12.3. The molecule has 2 rings (SSSR count). The quantitative estimate of drug-likeness (QED) is 0.812. The Labute approximate surface area is 118 Å². The molecule has 0 aromatic heterocycles. The van der Waals surface area contributed by atoms with Crippen LogP contribution < -0.4 is 5.32 Å². The molecule has 100 valence electrons. The van der Waals surface area contributed by atoms with Crippen molar-refractivity contribution in [2.24, 2.45) is 5.92 Å². The molecule has 2 unspecified atom stereocenters. The van der Waals surface area contributed by atoms with Crippen LogP contribution in [0.15, 0.2) is 18.2 Å². The molecule has 0 bridgehead atoms. The molecule has 1 aromatic carbocycles. The van der Waals surface area contributed by atoms with Crippen LogP contribution in [0.5, 0.6) is 0 Å². The van der Waals surface area contributed by atoms with Crippen LogP contribution in [0.1, 0.15) is 31.2 Å². The molecule has 0 radical (unpaired) electrons. The number of hydrogen-bond donors (Lipinski definition) is 1. The zero-order valence-electron chi connectivity index (χ0n) is 10.3. The van der Waals surface area contributed by atoms with Crippen LogP contribution in [0, 0.1) is 11.7 Å². The van der Waals surface area contributed by atoms with E-state index >= 15 is 0 Å². The van der Waals surface area contributed by atoms with E-state index in [1.54, 1.807) is 6.07 Å². The Bertz CT molecular complexity index is 397. The van der Waals surface area contributed by atoms with Gasteiger partial charge in [-0.2, -0.15) is 0 Å². The third-order valence-electron chi connectivity index (χ3n) is 3.55. The molecule has 0 aliphatic heterocycles. The highest BCUT2D eigenvalue weighted by atomic mass is 35.5. The largest absolute Gasteiger partial charge is 0.312 e. The fraction of sp³-hybridized carbons (Fsp3) is 0.571. The number of rotatable bonds is 4. The lowest BCUT2D eigenvalue weighted by Crippen LogP contribution is -2.30. The van der Waals surface area contributed by atoms with Crippen molar-refractivity contribution < 1.29 is 4.39 Å². The van der Waals surface area contributed by atoms with Crippen molar-refractivity contribution in [2.75, 3.05) is 6.54 Å². The average Bonchev–Trinajstić information content (AvgIpc) is 2.36. The second-order valence-corrected chi connectivity index (χ2v) is 5.89. The summed E-state index contributed by atoms with van der Waals surface area (Å²) in [4.78, 5) is 0. The van der Waals surface area contributed by atoms with Crippen LogP contribution in [0.2, 0.25) is 5.02 Å². The maximum atomic E-state index is 13.1. The molecule has 1 aromatic rings. The van der Waals surface area contributed by atoms with Gasteiger partial charge in [0.05, 0.1) is 0 Å². The first-order valence-electron chi connectivity index (χ1n) is 6.45. The zero-order chi connectivity index (χ0) is 13.0. The molecule has 18 heavy (non-hydrogen) atoms. The fourth-order valence-electron chi connectivity index (χ4n) is 2.46. The topological polar surface area (TPSA) is 12.0 Å². The van der Waals surface area contributed by atoms with Crippen molar-refractivity contribution in [3.63, 3.8) is 0 Å². The first-order chi connectivity index (χ1) is 8.66. The Hall–Kier alpha value is -0.310. The molecular weight excluding hydrogens is 272 g/mol. The molecule has 1 fully saturated rings. The zero-order valence-corrected chi connectivity index (χ0v) is 11.8. The Morgan fingerprint density at radius 1 is 1.28 bits per heavy atom. The van der Waals surface area contributed by atoms with Gasteiger partial charge in [-0.3, -0.25) is 0 Å². The molecular formula is C14H18Cl2FN. The number of hydrogen-bond acceptors (Lipinski definition) is 1. The van der Waals surface area contributed by atoms with Gasteiger partial charge in [-0.05, 0) is 49.1 Å². The number of nitrogens with one attached hydrogen (secondary N) is 1. The summed E-state index contributed by atoms with van der Waals surface area (Å²) in [5, 5.41) is 4.21. The average molecular weight is 290 g/mol. The molecule has 0 saturated heterocycles. The van der Waals surface area contributed by atoms with E-state index in [0.717, 1.165) is 18.5 Å². The third kappa shape index (κ3) is 3.84. The van der Waals surface area contributed by atoms with E-state index in [-0.39, 0.29) is 11.2 Å². The Morgan fingerprint density at radius 3 is 2.83 bits per heavy atom. The van der Waals surface area contributed by atoms with Gasteiger partial charge in [-0.25, -0.2) is 4.39 Å². The standard InChI is InChI=1S/C14H18Cl2FN/c15-13-4-2-1-3-10(13)8-18-9-11-7-12(17)5-6-14(11)16/h5-7,10,13,18H,1-4,8-9H2. The number of alkyl halides is 1. The minimum Gasteiger partial charge on any atom is -0.312 e. The van der Waals surface area contributed by atoms with Gasteiger partial charge >= 0.3 is 0 Å². The van der Waals surface area contributed by atoms with Crippen molar-refractivity contribution in [3.05, 3.63) is 34.6 Å². The van der Waals surface area contributed by atoms with Crippen molar-refractivity contribution in [1.82, 2.24) is 5.32 Å². The first kappa shape index (κ1) is 14.1. The maximum Gasteiger partial charge on any atom is 0.123 e. The van der Waals surface area contributed by atoms with E-state index in [1.165, 1.54) is 31.4 Å². The fourth-order valence-corrected chi connectivity index (χ4v) is 3.02. The van der Waals surface area contributed by atoms with Crippen molar-refractivity contribution in [2.45, 2.75) is 37.6 Å². The third-order valence-corrected chi connectivity index (χ3v) is 4.49. The van der Waals surface area contributed by atoms with Gasteiger partial charge in [0.2, 0.25) is 0 Å². The summed E-state index contributed by atoms with van der Waals surface area (Å²) in [6.07, 6.45) is 4.78. The van der Waals surface area contributed by atoms with Crippen LogP contribution in [0.4, 0.5) is 4.39 Å². The van der Waals surface area contributed by atoms with E-state index in [1.807, 2.05) is 0 Å². The normalized spacial score (nSPS) is 24.2. The van der Waals surface area contributed by atoms with Gasteiger partial charge in [-0.1, -0.05) is 24.4 Å². The Morgan fingerprint density at radius 2 is 2.06 bits per heavy atom. The minimum absolute atomic E-state index is 0.246. The van der Waals surface area contributed by atoms with Crippen molar-refractivity contribution >= 4 is 23.2 Å². The molecule has 1 nitrogen and oxygen atoms in total. The summed E-state index contributed by atoms with van der Waals surface area (Å²) in [6.45, 7) is 1.47. The summed E-state index contributed by atoms with van der Waals surface area (Å²) in [5.74, 6) is 0.275. The van der Waals surface area contributed by atoms with Crippen LogP contribution in [-0.4, -0.2) is 11.9 Å². The highest BCUT2D eigenvalue weighted by Crippen LogP contribution is 2.28. The lowest BCUT2D eigenvalue weighted by Gasteiger charge is -2.27.